The number of carbonyl (C=O) groups excluding carboxylic acids is 2. The molecule has 2 aliphatic rings. The Morgan fingerprint density at radius 3 is 2.38 bits per heavy atom. The Balaban J connectivity index is 1.07. The Labute approximate surface area is 221 Å². The van der Waals surface area contributed by atoms with Gasteiger partial charge in [0.05, 0.1) is 0 Å². The summed E-state index contributed by atoms with van der Waals surface area (Å²) >= 11 is 1.72. The van der Waals surface area contributed by atoms with E-state index in [2.05, 4.69) is 20.2 Å². The maximum Gasteiger partial charge on any atom is 0.415 e. The molecule has 2 N–H and O–H groups in total. The number of piperidine rings is 2. The van der Waals surface area contributed by atoms with Crippen molar-refractivity contribution >= 4 is 29.4 Å². The van der Waals surface area contributed by atoms with Crippen molar-refractivity contribution in [1.29, 1.82) is 0 Å². The summed E-state index contributed by atoms with van der Waals surface area (Å²) in [6.07, 6.45) is 8.87. The number of benzene rings is 2. The van der Waals surface area contributed by atoms with Crippen LogP contribution in [-0.2, 0) is 6.54 Å². The molecule has 5 rings (SSSR count). The summed E-state index contributed by atoms with van der Waals surface area (Å²) in [7, 11) is 0. The van der Waals surface area contributed by atoms with Crippen molar-refractivity contribution in [2.75, 3.05) is 31.5 Å². The number of nitrogens with one attached hydrogen (secondary N) is 2. The average Bonchev–Trinajstić information content (AvgIpc) is 3.44. The fourth-order valence-corrected chi connectivity index (χ4v) is 5.76. The minimum atomic E-state index is -0.345. The van der Waals surface area contributed by atoms with E-state index < -0.39 is 0 Å². The maximum atomic E-state index is 12.7. The fraction of sp³-hybridized carbons (Fsp3) is 0.393. The minimum absolute atomic E-state index is 0.162. The number of anilines is 1. The highest BCUT2D eigenvalue weighted by Gasteiger charge is 2.25. The van der Waals surface area contributed by atoms with E-state index >= 15 is 0 Å². The lowest BCUT2D eigenvalue weighted by Gasteiger charge is -2.30. The molecule has 37 heavy (non-hydrogen) atoms. The van der Waals surface area contributed by atoms with Crippen molar-refractivity contribution in [3.8, 4) is 5.75 Å². The van der Waals surface area contributed by atoms with Crippen LogP contribution < -0.4 is 10.1 Å². The second kappa shape index (κ2) is 12.3. The quantitative estimate of drug-likeness (QED) is 0.434. The first-order chi connectivity index (χ1) is 18.1. The number of amides is 2. The van der Waals surface area contributed by atoms with Crippen LogP contribution in [0, 0.1) is 0 Å². The van der Waals surface area contributed by atoms with Gasteiger partial charge in [-0.25, -0.2) is 9.78 Å². The smallest absolute Gasteiger partial charge is 0.410 e. The molecule has 0 saturated carbocycles. The van der Waals surface area contributed by atoms with E-state index in [-0.39, 0.29) is 12.0 Å². The van der Waals surface area contributed by atoms with Crippen molar-refractivity contribution < 1.29 is 14.3 Å². The Hall–Kier alpha value is -3.30. The normalized spacial score (nSPS) is 16.9. The Bertz CT molecular complexity index is 1150. The van der Waals surface area contributed by atoms with Crippen LogP contribution in [0.25, 0.3) is 0 Å². The summed E-state index contributed by atoms with van der Waals surface area (Å²) in [4.78, 5) is 36.9. The number of likely N-dealkylation sites (tertiary alicyclic amines) is 2. The van der Waals surface area contributed by atoms with E-state index in [9.17, 15) is 9.59 Å². The van der Waals surface area contributed by atoms with Gasteiger partial charge in [-0.3, -0.25) is 9.69 Å². The molecule has 2 fully saturated rings. The summed E-state index contributed by atoms with van der Waals surface area (Å²) in [5.74, 6) is 0.293. The molecule has 0 atom stereocenters. The van der Waals surface area contributed by atoms with Gasteiger partial charge in [0, 0.05) is 48.5 Å². The van der Waals surface area contributed by atoms with Gasteiger partial charge in [0.1, 0.15) is 5.75 Å². The molecule has 8 nitrogen and oxygen atoms in total. The van der Waals surface area contributed by atoms with Crippen molar-refractivity contribution in [2.24, 2.45) is 0 Å². The van der Waals surface area contributed by atoms with Crippen LogP contribution in [0.5, 0.6) is 5.75 Å². The number of aromatic amines is 1. The zero-order valence-corrected chi connectivity index (χ0v) is 21.7. The number of hydrogen-bond donors (Lipinski definition) is 2. The molecular weight excluding hydrogens is 486 g/mol. The lowest BCUT2D eigenvalue weighted by molar-refractivity contribution is 0.102. The molecule has 1 aromatic heterocycles. The number of hydrogen-bond acceptors (Lipinski definition) is 6. The molecule has 3 aromatic rings. The van der Waals surface area contributed by atoms with Crippen LogP contribution in [0.1, 0.15) is 48.0 Å². The molecule has 0 spiro atoms. The summed E-state index contributed by atoms with van der Waals surface area (Å²) in [5.41, 5.74) is 2.49. The van der Waals surface area contributed by atoms with Crippen molar-refractivity contribution in [3.05, 3.63) is 72.1 Å². The van der Waals surface area contributed by atoms with Crippen LogP contribution in [0.3, 0.4) is 0 Å². The monoisotopic (exact) mass is 519 g/mol. The zero-order chi connectivity index (χ0) is 25.5. The molecule has 2 amide bonds. The predicted molar refractivity (Wildman–Crippen MR) is 145 cm³/mol. The number of aromatic nitrogens is 2. The van der Waals surface area contributed by atoms with Gasteiger partial charge in [-0.15, -0.1) is 0 Å². The SMILES string of the molecule is O=C(Nc1ccc(OC(=O)N2CCC(Sc3ncc[nH]3)CC2)cc1)c1ccc(CN2CCCCC2)cc1. The lowest BCUT2D eigenvalue weighted by Crippen LogP contribution is -2.40. The van der Waals surface area contributed by atoms with E-state index in [0.717, 1.165) is 37.6 Å². The third-order valence-electron chi connectivity index (χ3n) is 6.84. The Kier molecular flexibility index (Phi) is 8.42. The number of rotatable bonds is 7. The van der Waals surface area contributed by atoms with Crippen LogP contribution in [0.4, 0.5) is 10.5 Å². The predicted octanol–water partition coefficient (Wildman–Crippen LogP) is 5.40. The fourth-order valence-electron chi connectivity index (χ4n) is 4.74. The first-order valence-electron chi connectivity index (χ1n) is 13.0. The van der Waals surface area contributed by atoms with E-state index in [4.69, 9.17) is 4.74 Å². The average molecular weight is 520 g/mol. The summed E-state index contributed by atoms with van der Waals surface area (Å²) in [6, 6.07) is 14.7. The molecule has 2 aliphatic heterocycles. The van der Waals surface area contributed by atoms with Gasteiger partial charge >= 0.3 is 6.09 Å². The van der Waals surface area contributed by atoms with Crippen LogP contribution in [-0.4, -0.2) is 63.2 Å². The minimum Gasteiger partial charge on any atom is -0.410 e. The van der Waals surface area contributed by atoms with Crippen molar-refractivity contribution in [2.45, 2.75) is 49.1 Å². The summed E-state index contributed by atoms with van der Waals surface area (Å²) in [5, 5.41) is 4.26. The highest BCUT2D eigenvalue weighted by molar-refractivity contribution is 7.99. The standard InChI is InChI=1S/C28H33N5O3S/c34-26(22-6-4-21(5-7-22)20-32-16-2-1-3-17-32)31-23-8-10-24(11-9-23)36-28(35)33-18-12-25(13-19-33)37-27-29-14-15-30-27/h4-11,14-15,25H,1-3,12-13,16-20H2,(H,29,30)(H,31,34). The van der Waals surface area contributed by atoms with Crippen molar-refractivity contribution in [3.63, 3.8) is 0 Å². The number of nitrogens with zero attached hydrogens (tertiary/aromatic N) is 3. The van der Waals surface area contributed by atoms with Crippen LogP contribution >= 0.6 is 11.8 Å². The molecule has 2 aromatic carbocycles. The first kappa shape index (κ1) is 25.4. The largest absolute Gasteiger partial charge is 0.415 e. The molecule has 0 unspecified atom stereocenters. The van der Waals surface area contributed by atoms with E-state index in [1.54, 1.807) is 47.1 Å². The summed E-state index contributed by atoms with van der Waals surface area (Å²) < 4.78 is 5.56. The van der Waals surface area contributed by atoms with Gasteiger partial charge in [0.2, 0.25) is 0 Å². The summed E-state index contributed by atoms with van der Waals surface area (Å²) in [6.45, 7) is 4.55. The number of H-pyrrole nitrogens is 1. The van der Waals surface area contributed by atoms with Gasteiger partial charge in [0.15, 0.2) is 5.16 Å². The molecule has 0 radical (unpaired) electrons. The third-order valence-corrected chi connectivity index (χ3v) is 8.09. The van der Waals surface area contributed by atoms with Gasteiger partial charge in [-0.1, -0.05) is 30.3 Å². The molecular formula is C28H33N5O3S. The molecule has 194 valence electrons. The first-order valence-corrected chi connectivity index (χ1v) is 13.9. The number of imidazole rings is 1. The number of carbonyl (C=O) groups is 2. The van der Waals surface area contributed by atoms with Gasteiger partial charge in [-0.2, -0.15) is 0 Å². The molecule has 9 heteroatoms. The molecule has 0 aliphatic carbocycles. The topological polar surface area (TPSA) is 90.6 Å². The number of thioether (sulfide) groups is 1. The van der Waals surface area contributed by atoms with E-state index in [1.165, 1.54) is 24.8 Å². The second-order valence-corrected chi connectivity index (χ2v) is 10.9. The Morgan fingerprint density at radius 1 is 0.973 bits per heavy atom. The Morgan fingerprint density at radius 2 is 1.70 bits per heavy atom. The van der Waals surface area contributed by atoms with E-state index in [0.29, 0.717) is 35.3 Å². The van der Waals surface area contributed by atoms with Gasteiger partial charge in [0.25, 0.3) is 5.91 Å². The highest BCUT2D eigenvalue weighted by atomic mass is 32.2. The third kappa shape index (κ3) is 7.14. The lowest BCUT2D eigenvalue weighted by atomic mass is 10.1. The maximum absolute atomic E-state index is 12.7. The van der Waals surface area contributed by atoms with E-state index in [1.807, 2.05) is 30.5 Å². The number of ether oxygens (including phenoxy) is 1. The second-order valence-electron chi connectivity index (χ2n) is 9.58. The van der Waals surface area contributed by atoms with Gasteiger partial charge in [-0.05, 0) is 80.7 Å². The van der Waals surface area contributed by atoms with Crippen molar-refractivity contribution in [1.82, 2.24) is 19.8 Å². The van der Waals surface area contributed by atoms with Crippen LogP contribution in [0.2, 0.25) is 0 Å². The van der Waals surface area contributed by atoms with Crippen LogP contribution in [0.15, 0.2) is 66.1 Å². The zero-order valence-electron chi connectivity index (χ0n) is 20.9. The van der Waals surface area contributed by atoms with Gasteiger partial charge < -0.3 is 19.9 Å². The molecule has 0 bridgehead atoms. The molecule has 2 saturated heterocycles. The molecule has 3 heterocycles. The highest BCUT2D eigenvalue weighted by Crippen LogP contribution is 2.28.